The van der Waals surface area contributed by atoms with Crippen LogP contribution in [0.2, 0.25) is 0 Å². The van der Waals surface area contributed by atoms with Gasteiger partial charge < -0.3 is 14.2 Å². The van der Waals surface area contributed by atoms with Crippen LogP contribution >= 0.6 is 0 Å². The van der Waals surface area contributed by atoms with Crippen molar-refractivity contribution in [3.05, 3.63) is 35.8 Å². The second-order valence-corrected chi connectivity index (χ2v) is 8.21. The summed E-state index contributed by atoms with van der Waals surface area (Å²) in [6, 6.07) is 8.07. The lowest BCUT2D eigenvalue weighted by Gasteiger charge is -2.31. The molecule has 0 radical (unpaired) electrons. The molecule has 2 fully saturated rings. The summed E-state index contributed by atoms with van der Waals surface area (Å²) in [7, 11) is 1.85. The Morgan fingerprint density at radius 3 is 2.90 bits per heavy atom. The highest BCUT2D eigenvalue weighted by Gasteiger charge is 2.35. The van der Waals surface area contributed by atoms with Crippen molar-refractivity contribution in [1.82, 2.24) is 19.4 Å². The largest absolute Gasteiger partial charge is 0.378 e. The molecule has 1 aromatic carbocycles. The molecule has 1 amide bonds. The van der Waals surface area contributed by atoms with Crippen LogP contribution in [0.25, 0.3) is 21.9 Å². The summed E-state index contributed by atoms with van der Waals surface area (Å²) in [5.41, 5.74) is 3.30. The van der Waals surface area contributed by atoms with Crippen molar-refractivity contribution in [3.8, 4) is 6.07 Å². The van der Waals surface area contributed by atoms with Gasteiger partial charge in [0.05, 0.1) is 35.0 Å². The molecule has 7 heteroatoms. The lowest BCUT2D eigenvalue weighted by atomic mass is 10.0. The van der Waals surface area contributed by atoms with Crippen LogP contribution in [0, 0.1) is 11.3 Å². The van der Waals surface area contributed by atoms with Gasteiger partial charge in [-0.05, 0) is 38.0 Å². The van der Waals surface area contributed by atoms with Crippen molar-refractivity contribution in [3.63, 3.8) is 0 Å². The maximum absolute atomic E-state index is 12.2. The number of hydrogen-bond donors (Lipinski definition) is 0. The first-order valence-electron chi connectivity index (χ1n) is 10.1. The molecule has 5 rings (SSSR count). The molecule has 0 bridgehead atoms. The minimum Gasteiger partial charge on any atom is -0.378 e. The Morgan fingerprint density at radius 2 is 2.17 bits per heavy atom. The van der Waals surface area contributed by atoms with Gasteiger partial charge in [-0.25, -0.2) is 4.98 Å². The number of likely N-dealkylation sites (tertiary alicyclic amines) is 1. The lowest BCUT2D eigenvalue weighted by Crippen LogP contribution is -2.27. The smallest absolute Gasteiger partial charge is 0.223 e. The molecule has 7 nitrogen and oxygen atoms in total. The number of ether oxygens (including phenoxy) is 1. The summed E-state index contributed by atoms with van der Waals surface area (Å²) >= 11 is 0. The minimum atomic E-state index is 0.0623. The molecule has 29 heavy (non-hydrogen) atoms. The summed E-state index contributed by atoms with van der Waals surface area (Å²) in [6.45, 7) is 3.49. The first kappa shape index (κ1) is 18.1. The van der Waals surface area contributed by atoms with Gasteiger partial charge in [0.2, 0.25) is 5.91 Å². The molecule has 2 aliphatic rings. The van der Waals surface area contributed by atoms with Crippen LogP contribution in [-0.2, 0) is 9.53 Å². The van der Waals surface area contributed by atoms with Crippen molar-refractivity contribution < 1.29 is 9.53 Å². The van der Waals surface area contributed by atoms with Crippen molar-refractivity contribution in [2.75, 3.05) is 20.2 Å². The number of fused-ring (bicyclic) bond motifs is 3. The molecule has 148 valence electrons. The zero-order valence-corrected chi connectivity index (χ0v) is 16.6. The van der Waals surface area contributed by atoms with Crippen LogP contribution in [0.1, 0.15) is 49.5 Å². The molecule has 2 saturated heterocycles. The van der Waals surface area contributed by atoms with E-state index in [0.717, 1.165) is 40.6 Å². The van der Waals surface area contributed by atoms with Crippen molar-refractivity contribution >= 4 is 27.8 Å². The molecule has 3 aromatic rings. The fourth-order valence-corrected chi connectivity index (χ4v) is 4.77. The molecule has 4 heterocycles. The fourth-order valence-electron chi connectivity index (χ4n) is 4.77. The van der Waals surface area contributed by atoms with Gasteiger partial charge in [0.25, 0.3) is 0 Å². The molecular weight excluding hydrogens is 366 g/mol. The predicted molar refractivity (Wildman–Crippen MR) is 108 cm³/mol. The number of pyridine rings is 1. The van der Waals surface area contributed by atoms with E-state index in [1.807, 2.05) is 25.4 Å². The zero-order valence-electron chi connectivity index (χ0n) is 16.6. The van der Waals surface area contributed by atoms with Gasteiger partial charge in [-0.2, -0.15) is 5.26 Å². The number of aromatic nitrogens is 3. The van der Waals surface area contributed by atoms with E-state index in [0.29, 0.717) is 25.1 Å². The Kier molecular flexibility index (Phi) is 4.25. The highest BCUT2D eigenvalue weighted by molar-refractivity contribution is 6.03. The standard InChI is InChI=1S/C22H23N5O2/c1-13-7-16(5-6-29-13)27-21-17-8-14(10-23)3-4-18(17)24-11-19(21)25-22(27)15-9-20(28)26(2)12-15/h3-4,8,11,13,15-16H,5-7,9,12H2,1-2H3/t13-,15-,16?/m1/s1. The molecule has 0 N–H and O–H groups in total. The van der Waals surface area contributed by atoms with E-state index < -0.39 is 0 Å². The van der Waals surface area contributed by atoms with Gasteiger partial charge in [-0.1, -0.05) is 0 Å². The van der Waals surface area contributed by atoms with Crippen LogP contribution in [0.4, 0.5) is 0 Å². The van der Waals surface area contributed by atoms with Crippen LogP contribution in [-0.4, -0.2) is 51.6 Å². The third kappa shape index (κ3) is 2.95. The maximum Gasteiger partial charge on any atom is 0.223 e. The SMILES string of the molecule is C[C@@H]1CC(n2c([C@@H]3CC(=O)N(C)C3)nc3cnc4ccc(C#N)cc4c32)CCO1. The van der Waals surface area contributed by atoms with Crippen LogP contribution in [0.5, 0.6) is 0 Å². The molecule has 0 saturated carbocycles. The molecular formula is C22H23N5O2. The average Bonchev–Trinajstić information content (AvgIpc) is 3.27. The van der Waals surface area contributed by atoms with Gasteiger partial charge in [0.15, 0.2) is 0 Å². The minimum absolute atomic E-state index is 0.0623. The summed E-state index contributed by atoms with van der Waals surface area (Å²) in [4.78, 5) is 23.5. The van der Waals surface area contributed by atoms with E-state index in [4.69, 9.17) is 9.72 Å². The monoisotopic (exact) mass is 389 g/mol. The number of nitriles is 1. The lowest BCUT2D eigenvalue weighted by molar-refractivity contribution is -0.126. The van der Waals surface area contributed by atoms with E-state index in [1.54, 1.807) is 11.0 Å². The Hall–Kier alpha value is -2.98. The van der Waals surface area contributed by atoms with E-state index in [-0.39, 0.29) is 24.0 Å². The van der Waals surface area contributed by atoms with E-state index in [2.05, 4.69) is 22.5 Å². The third-order valence-corrected chi connectivity index (χ3v) is 6.20. The molecule has 0 spiro atoms. The topological polar surface area (TPSA) is 84.0 Å². The summed E-state index contributed by atoms with van der Waals surface area (Å²) in [5, 5.41) is 10.3. The molecule has 1 unspecified atom stereocenters. The number of likely N-dealkylation sites (N-methyl/N-ethyl adjacent to an activating group) is 1. The van der Waals surface area contributed by atoms with Crippen LogP contribution in [0.15, 0.2) is 24.4 Å². The molecule has 2 aliphatic heterocycles. The first-order valence-corrected chi connectivity index (χ1v) is 10.1. The number of carbonyl (C=O) groups is 1. The van der Waals surface area contributed by atoms with Gasteiger partial charge in [-0.15, -0.1) is 0 Å². The molecule has 3 atom stereocenters. The first-order chi connectivity index (χ1) is 14.0. The summed E-state index contributed by atoms with van der Waals surface area (Å²) < 4.78 is 8.12. The zero-order chi connectivity index (χ0) is 20.1. The number of amides is 1. The molecule has 0 aliphatic carbocycles. The number of benzene rings is 1. The van der Waals surface area contributed by atoms with Gasteiger partial charge in [0, 0.05) is 44.0 Å². The van der Waals surface area contributed by atoms with Crippen molar-refractivity contribution in [2.24, 2.45) is 0 Å². The Bertz CT molecular complexity index is 1160. The normalized spacial score (nSPS) is 25.1. The van der Waals surface area contributed by atoms with Gasteiger partial charge >= 0.3 is 0 Å². The number of carbonyl (C=O) groups excluding carboxylic acids is 1. The quantitative estimate of drug-likeness (QED) is 0.672. The number of nitrogens with zero attached hydrogens (tertiary/aromatic N) is 5. The fraction of sp³-hybridized carbons (Fsp3) is 0.455. The van der Waals surface area contributed by atoms with Crippen molar-refractivity contribution in [1.29, 1.82) is 5.26 Å². The second kappa shape index (κ2) is 6.82. The van der Waals surface area contributed by atoms with Crippen LogP contribution in [0.3, 0.4) is 0 Å². The Balaban J connectivity index is 1.77. The summed E-state index contributed by atoms with van der Waals surface area (Å²) in [5.74, 6) is 1.17. The van der Waals surface area contributed by atoms with Crippen molar-refractivity contribution in [2.45, 2.75) is 44.2 Å². The third-order valence-electron chi connectivity index (χ3n) is 6.20. The second-order valence-electron chi connectivity index (χ2n) is 8.21. The molecule has 2 aromatic heterocycles. The van der Waals surface area contributed by atoms with Gasteiger partial charge in [-0.3, -0.25) is 9.78 Å². The highest BCUT2D eigenvalue weighted by Crippen LogP contribution is 2.38. The van der Waals surface area contributed by atoms with Crippen LogP contribution < -0.4 is 0 Å². The van der Waals surface area contributed by atoms with E-state index in [9.17, 15) is 10.1 Å². The number of rotatable bonds is 2. The highest BCUT2D eigenvalue weighted by atomic mass is 16.5. The average molecular weight is 389 g/mol. The van der Waals surface area contributed by atoms with E-state index in [1.165, 1.54) is 0 Å². The maximum atomic E-state index is 12.2. The predicted octanol–water partition coefficient (Wildman–Crippen LogP) is 3.14. The number of imidazole rings is 1. The van der Waals surface area contributed by atoms with E-state index >= 15 is 0 Å². The Labute approximate surface area is 168 Å². The number of hydrogen-bond acceptors (Lipinski definition) is 5. The Morgan fingerprint density at radius 1 is 1.31 bits per heavy atom. The van der Waals surface area contributed by atoms with Gasteiger partial charge in [0.1, 0.15) is 11.3 Å². The summed E-state index contributed by atoms with van der Waals surface area (Å²) in [6.07, 6.45) is 4.27.